The quantitative estimate of drug-likeness (QED) is 0.571. The molecule has 2 aromatic carbocycles. The lowest BCUT2D eigenvalue weighted by Crippen LogP contribution is -2.14. The van der Waals surface area contributed by atoms with Gasteiger partial charge in [0.25, 0.3) is 0 Å². The Balaban J connectivity index is 1.88. The van der Waals surface area contributed by atoms with E-state index in [4.69, 9.17) is 9.47 Å². The van der Waals surface area contributed by atoms with Crippen LogP contribution in [0.1, 0.15) is 5.56 Å². The van der Waals surface area contributed by atoms with Gasteiger partial charge in [-0.05, 0) is 23.8 Å². The third-order valence-corrected chi connectivity index (χ3v) is 4.30. The molecule has 0 saturated heterocycles. The molecule has 7 nitrogen and oxygen atoms in total. The number of rotatable bonds is 8. The Hall–Kier alpha value is -2.74. The van der Waals surface area contributed by atoms with Gasteiger partial charge in [-0.15, -0.1) is 11.8 Å². The number of anilines is 1. The third kappa shape index (κ3) is 5.39. The highest BCUT2D eigenvalue weighted by Crippen LogP contribution is 2.29. The Bertz CT molecular complexity index is 766. The van der Waals surface area contributed by atoms with Crippen molar-refractivity contribution < 1.29 is 19.2 Å². The second-order valence-corrected chi connectivity index (χ2v) is 6.02. The number of hydrogen-bond acceptors (Lipinski definition) is 6. The molecule has 2 aromatic rings. The molecule has 0 bridgehead atoms. The molecule has 0 aliphatic rings. The second kappa shape index (κ2) is 8.93. The lowest BCUT2D eigenvalue weighted by molar-refractivity contribution is -0.385. The van der Waals surface area contributed by atoms with Crippen LogP contribution in [0.15, 0.2) is 42.5 Å². The molecule has 0 spiro atoms. The topological polar surface area (TPSA) is 90.7 Å². The number of ether oxygens (including phenoxy) is 2. The molecule has 0 saturated carbocycles. The van der Waals surface area contributed by atoms with Crippen molar-refractivity contribution in [2.24, 2.45) is 0 Å². The Morgan fingerprint density at radius 2 is 2.00 bits per heavy atom. The molecule has 132 valence electrons. The van der Waals surface area contributed by atoms with Crippen LogP contribution in [0.3, 0.4) is 0 Å². The van der Waals surface area contributed by atoms with Gasteiger partial charge in [0.1, 0.15) is 5.75 Å². The van der Waals surface area contributed by atoms with E-state index < -0.39 is 4.92 Å². The van der Waals surface area contributed by atoms with Crippen LogP contribution in [0.5, 0.6) is 11.5 Å². The molecule has 0 radical (unpaired) electrons. The first-order chi connectivity index (χ1) is 12.0. The van der Waals surface area contributed by atoms with Gasteiger partial charge in [-0.2, -0.15) is 0 Å². The molecule has 0 aromatic heterocycles. The van der Waals surface area contributed by atoms with Gasteiger partial charge < -0.3 is 14.8 Å². The Morgan fingerprint density at radius 1 is 1.20 bits per heavy atom. The fourth-order valence-corrected chi connectivity index (χ4v) is 2.90. The summed E-state index contributed by atoms with van der Waals surface area (Å²) in [5.74, 6) is 1.44. The second-order valence-electron chi connectivity index (χ2n) is 5.04. The van der Waals surface area contributed by atoms with Gasteiger partial charge >= 0.3 is 5.69 Å². The molecule has 0 aliphatic heterocycles. The van der Waals surface area contributed by atoms with Crippen LogP contribution in [0.2, 0.25) is 0 Å². The Kier molecular flexibility index (Phi) is 6.64. The summed E-state index contributed by atoms with van der Waals surface area (Å²) in [5, 5.41) is 13.8. The molecule has 8 heteroatoms. The maximum Gasteiger partial charge on any atom is 0.311 e. The lowest BCUT2D eigenvalue weighted by atomic mass is 10.2. The lowest BCUT2D eigenvalue weighted by Gasteiger charge is -2.07. The zero-order chi connectivity index (χ0) is 18.2. The van der Waals surface area contributed by atoms with Crippen molar-refractivity contribution in [3.63, 3.8) is 0 Å². The molecule has 0 aliphatic carbocycles. The van der Waals surface area contributed by atoms with Crippen molar-refractivity contribution in [1.82, 2.24) is 0 Å². The molecule has 2 rings (SSSR count). The van der Waals surface area contributed by atoms with Gasteiger partial charge in [-0.25, -0.2) is 0 Å². The fourth-order valence-electron chi connectivity index (χ4n) is 2.13. The SMILES string of the molecule is COc1cccc(NC(=O)CSCc2ccc(OC)c([N+](=O)[O-])c2)c1. The first kappa shape index (κ1) is 18.6. The van der Waals surface area contributed by atoms with Crippen molar-refractivity contribution in [2.45, 2.75) is 5.75 Å². The van der Waals surface area contributed by atoms with Crippen LogP contribution in [-0.2, 0) is 10.5 Å². The number of nitro benzene ring substituents is 1. The van der Waals surface area contributed by atoms with E-state index in [9.17, 15) is 14.9 Å². The van der Waals surface area contributed by atoms with Crippen LogP contribution in [0, 0.1) is 10.1 Å². The summed E-state index contributed by atoms with van der Waals surface area (Å²) in [6.45, 7) is 0. The minimum atomic E-state index is -0.484. The maximum atomic E-state index is 12.0. The summed E-state index contributed by atoms with van der Waals surface area (Å²) in [5.41, 5.74) is 1.33. The minimum absolute atomic E-state index is 0.0820. The predicted octanol–water partition coefficient (Wildman–Crippen LogP) is 3.48. The smallest absolute Gasteiger partial charge is 0.311 e. The summed E-state index contributed by atoms with van der Waals surface area (Å²) in [6.07, 6.45) is 0. The van der Waals surface area contributed by atoms with E-state index in [2.05, 4.69) is 5.32 Å². The predicted molar refractivity (Wildman–Crippen MR) is 97.4 cm³/mol. The number of methoxy groups -OCH3 is 2. The van der Waals surface area contributed by atoms with Crippen molar-refractivity contribution in [3.05, 3.63) is 58.1 Å². The van der Waals surface area contributed by atoms with Gasteiger partial charge in [-0.1, -0.05) is 12.1 Å². The maximum absolute atomic E-state index is 12.0. The van der Waals surface area contributed by atoms with E-state index in [1.165, 1.54) is 24.9 Å². The number of carbonyl (C=O) groups excluding carboxylic acids is 1. The van der Waals surface area contributed by atoms with Crippen LogP contribution in [0.25, 0.3) is 0 Å². The van der Waals surface area contributed by atoms with E-state index in [1.54, 1.807) is 43.5 Å². The molecular weight excluding hydrogens is 344 g/mol. The molecule has 1 amide bonds. The summed E-state index contributed by atoms with van der Waals surface area (Å²) in [6, 6.07) is 11.9. The Labute approximate surface area is 149 Å². The number of nitrogens with one attached hydrogen (secondary N) is 1. The molecule has 25 heavy (non-hydrogen) atoms. The normalized spacial score (nSPS) is 10.2. The van der Waals surface area contributed by atoms with Gasteiger partial charge in [-0.3, -0.25) is 14.9 Å². The number of nitrogens with zero attached hydrogens (tertiary/aromatic N) is 1. The number of thioether (sulfide) groups is 1. The molecule has 1 N–H and O–H groups in total. The number of carbonyl (C=O) groups is 1. The molecule has 0 heterocycles. The van der Waals surface area contributed by atoms with Gasteiger partial charge in [0, 0.05) is 23.6 Å². The van der Waals surface area contributed by atoms with Crippen LogP contribution < -0.4 is 14.8 Å². The number of benzene rings is 2. The zero-order valence-electron chi connectivity index (χ0n) is 13.9. The van der Waals surface area contributed by atoms with E-state index >= 15 is 0 Å². The Morgan fingerprint density at radius 3 is 2.68 bits per heavy atom. The summed E-state index contributed by atoms with van der Waals surface area (Å²) in [7, 11) is 2.95. The molecule has 0 fully saturated rings. The average molecular weight is 362 g/mol. The van der Waals surface area contributed by atoms with E-state index in [0.29, 0.717) is 17.2 Å². The number of nitro groups is 1. The van der Waals surface area contributed by atoms with Crippen molar-refractivity contribution in [3.8, 4) is 11.5 Å². The van der Waals surface area contributed by atoms with Gasteiger partial charge in [0.15, 0.2) is 5.75 Å². The monoisotopic (exact) mass is 362 g/mol. The van der Waals surface area contributed by atoms with Crippen molar-refractivity contribution in [2.75, 3.05) is 25.3 Å². The van der Waals surface area contributed by atoms with Crippen LogP contribution in [0.4, 0.5) is 11.4 Å². The van der Waals surface area contributed by atoms with Gasteiger partial charge in [0.2, 0.25) is 5.91 Å². The highest BCUT2D eigenvalue weighted by atomic mass is 32.2. The summed E-state index contributed by atoms with van der Waals surface area (Å²) in [4.78, 5) is 22.5. The van der Waals surface area contributed by atoms with Crippen LogP contribution in [-0.4, -0.2) is 30.8 Å². The largest absolute Gasteiger partial charge is 0.497 e. The van der Waals surface area contributed by atoms with E-state index in [0.717, 1.165) is 5.56 Å². The molecule has 0 unspecified atom stereocenters. The first-order valence-corrected chi connectivity index (χ1v) is 8.52. The molecule has 0 atom stereocenters. The van der Waals surface area contributed by atoms with Gasteiger partial charge in [0.05, 0.1) is 24.9 Å². The first-order valence-electron chi connectivity index (χ1n) is 7.36. The van der Waals surface area contributed by atoms with E-state index in [-0.39, 0.29) is 23.1 Å². The third-order valence-electron chi connectivity index (χ3n) is 3.30. The number of hydrogen-bond donors (Lipinski definition) is 1. The fraction of sp³-hybridized carbons (Fsp3) is 0.235. The highest BCUT2D eigenvalue weighted by molar-refractivity contribution is 7.99. The van der Waals surface area contributed by atoms with Crippen LogP contribution >= 0.6 is 11.8 Å². The minimum Gasteiger partial charge on any atom is -0.497 e. The average Bonchev–Trinajstić information content (AvgIpc) is 2.61. The van der Waals surface area contributed by atoms with Crippen molar-refractivity contribution in [1.29, 1.82) is 0 Å². The summed E-state index contributed by atoms with van der Waals surface area (Å²) >= 11 is 1.37. The summed E-state index contributed by atoms with van der Waals surface area (Å²) < 4.78 is 10.1. The van der Waals surface area contributed by atoms with E-state index in [1.807, 2.05) is 0 Å². The molecular formula is C17H18N2O5S. The highest BCUT2D eigenvalue weighted by Gasteiger charge is 2.15. The number of amides is 1. The zero-order valence-corrected chi connectivity index (χ0v) is 14.7. The van der Waals surface area contributed by atoms with Crippen molar-refractivity contribution >= 4 is 29.0 Å². The standard InChI is InChI=1S/C17H18N2O5S/c1-23-14-5-3-4-13(9-14)18-17(20)11-25-10-12-6-7-16(24-2)15(8-12)19(21)22/h3-9H,10-11H2,1-2H3,(H,18,20).